The van der Waals surface area contributed by atoms with Gasteiger partial charge in [-0.15, -0.1) is 0 Å². The molecular weight excluding hydrogens is 212 g/mol. The summed E-state index contributed by atoms with van der Waals surface area (Å²) in [5.41, 5.74) is -0.598. The summed E-state index contributed by atoms with van der Waals surface area (Å²) in [5.74, 6) is -0.625. The second-order valence-electron chi connectivity index (χ2n) is 3.16. The summed E-state index contributed by atoms with van der Waals surface area (Å²) in [7, 11) is 0. The second-order valence-corrected chi connectivity index (χ2v) is 3.16. The maximum atomic E-state index is 11.1. The van der Waals surface area contributed by atoms with Gasteiger partial charge < -0.3 is 9.52 Å². The molecular formula is C10H8N2O4. The summed E-state index contributed by atoms with van der Waals surface area (Å²) >= 11 is 0. The molecule has 6 heteroatoms. The minimum Gasteiger partial charge on any atom is -0.477 e. The molecule has 2 aromatic heterocycles. The van der Waals surface area contributed by atoms with Gasteiger partial charge in [-0.05, 0) is 18.2 Å². The zero-order valence-corrected chi connectivity index (χ0v) is 8.14. The largest absolute Gasteiger partial charge is 0.477 e. The fourth-order valence-electron chi connectivity index (χ4n) is 1.29. The monoisotopic (exact) mass is 220 g/mol. The molecule has 0 aromatic carbocycles. The lowest BCUT2D eigenvalue weighted by molar-refractivity contribution is 0.0694. The van der Waals surface area contributed by atoms with Gasteiger partial charge in [0.1, 0.15) is 11.3 Å². The van der Waals surface area contributed by atoms with Crippen molar-refractivity contribution < 1.29 is 14.3 Å². The number of hydrogen-bond donors (Lipinski definition) is 2. The van der Waals surface area contributed by atoms with Crippen molar-refractivity contribution in [2.24, 2.45) is 0 Å². The van der Waals surface area contributed by atoms with Crippen molar-refractivity contribution in [3.8, 4) is 0 Å². The van der Waals surface area contributed by atoms with Gasteiger partial charge in [0.2, 0.25) is 0 Å². The number of nitrogens with zero attached hydrogens (tertiary/aromatic N) is 1. The smallest absolute Gasteiger partial charge is 0.341 e. The van der Waals surface area contributed by atoms with Crippen LogP contribution in [0.4, 0.5) is 0 Å². The van der Waals surface area contributed by atoms with E-state index in [-0.39, 0.29) is 5.56 Å². The maximum Gasteiger partial charge on any atom is 0.341 e. The zero-order valence-electron chi connectivity index (χ0n) is 8.14. The molecule has 2 aromatic rings. The fourth-order valence-corrected chi connectivity index (χ4v) is 1.29. The summed E-state index contributed by atoms with van der Waals surface area (Å²) in [6, 6.07) is 4.70. The first kappa shape index (κ1) is 10.2. The third-order valence-corrected chi connectivity index (χ3v) is 2.02. The molecule has 0 unspecified atom stereocenters. The molecule has 2 heterocycles. The van der Waals surface area contributed by atoms with Crippen LogP contribution in [-0.4, -0.2) is 21.3 Å². The van der Waals surface area contributed by atoms with Crippen LogP contribution < -0.4 is 5.56 Å². The van der Waals surface area contributed by atoms with Gasteiger partial charge in [-0.1, -0.05) is 0 Å². The normalized spacial score (nSPS) is 10.2. The van der Waals surface area contributed by atoms with E-state index in [9.17, 15) is 9.59 Å². The molecule has 82 valence electrons. The molecule has 0 fully saturated rings. The van der Waals surface area contributed by atoms with Crippen molar-refractivity contribution in [2.75, 3.05) is 0 Å². The van der Waals surface area contributed by atoms with Crippen LogP contribution in [0.5, 0.6) is 0 Å². The SMILES string of the molecule is O=C(O)c1cc(Cc2ccco2)n[nH]c1=O. The molecule has 2 N–H and O–H groups in total. The first-order chi connectivity index (χ1) is 7.66. The van der Waals surface area contributed by atoms with Crippen molar-refractivity contribution in [2.45, 2.75) is 6.42 Å². The highest BCUT2D eigenvalue weighted by atomic mass is 16.4. The number of aromatic amines is 1. The fraction of sp³-hybridized carbons (Fsp3) is 0.100. The van der Waals surface area contributed by atoms with Crippen LogP contribution in [0.15, 0.2) is 33.7 Å². The van der Waals surface area contributed by atoms with E-state index in [4.69, 9.17) is 9.52 Å². The van der Waals surface area contributed by atoms with Crippen LogP contribution in [0.25, 0.3) is 0 Å². The van der Waals surface area contributed by atoms with Crippen LogP contribution in [-0.2, 0) is 6.42 Å². The molecule has 0 spiro atoms. The van der Waals surface area contributed by atoms with E-state index in [1.54, 1.807) is 12.1 Å². The van der Waals surface area contributed by atoms with Gasteiger partial charge in [0, 0.05) is 6.42 Å². The van der Waals surface area contributed by atoms with Gasteiger partial charge in [0.05, 0.1) is 12.0 Å². The van der Waals surface area contributed by atoms with Gasteiger partial charge in [-0.3, -0.25) is 4.79 Å². The van der Waals surface area contributed by atoms with Gasteiger partial charge in [0.25, 0.3) is 5.56 Å². The average Bonchev–Trinajstić information content (AvgIpc) is 2.73. The predicted molar refractivity (Wildman–Crippen MR) is 53.3 cm³/mol. The predicted octanol–water partition coefficient (Wildman–Crippen LogP) is 0.652. The summed E-state index contributed by atoms with van der Waals surface area (Å²) in [6.45, 7) is 0. The molecule has 0 amide bonds. The number of rotatable bonds is 3. The van der Waals surface area contributed by atoms with E-state index in [2.05, 4.69) is 10.2 Å². The number of aromatic carboxylic acids is 1. The van der Waals surface area contributed by atoms with Crippen molar-refractivity contribution in [3.05, 3.63) is 51.8 Å². The molecule has 6 nitrogen and oxygen atoms in total. The highest BCUT2D eigenvalue weighted by Gasteiger charge is 2.11. The van der Waals surface area contributed by atoms with E-state index in [0.717, 1.165) is 0 Å². The van der Waals surface area contributed by atoms with Gasteiger partial charge in [-0.2, -0.15) is 5.10 Å². The van der Waals surface area contributed by atoms with Crippen molar-refractivity contribution in [1.29, 1.82) is 0 Å². The number of H-pyrrole nitrogens is 1. The van der Waals surface area contributed by atoms with Gasteiger partial charge in [0.15, 0.2) is 0 Å². The number of nitrogens with one attached hydrogen (secondary N) is 1. The summed E-state index contributed by atoms with van der Waals surface area (Å²) in [5, 5.41) is 14.6. The molecule has 0 radical (unpaired) electrons. The van der Waals surface area contributed by atoms with E-state index in [1.165, 1.54) is 12.3 Å². The Hall–Kier alpha value is -2.37. The number of carboxylic acids is 1. The number of furan rings is 1. The molecule has 0 aliphatic heterocycles. The number of carbonyl (C=O) groups is 1. The van der Waals surface area contributed by atoms with E-state index < -0.39 is 11.5 Å². The molecule has 0 aliphatic carbocycles. The number of aromatic nitrogens is 2. The van der Waals surface area contributed by atoms with Crippen LogP contribution >= 0.6 is 0 Å². The minimum atomic E-state index is -1.27. The van der Waals surface area contributed by atoms with Crippen molar-refractivity contribution in [3.63, 3.8) is 0 Å². The lowest BCUT2D eigenvalue weighted by atomic mass is 10.2. The Morgan fingerprint density at radius 2 is 2.38 bits per heavy atom. The van der Waals surface area contributed by atoms with E-state index in [1.807, 2.05) is 0 Å². The Bertz CT molecular complexity index is 556. The quantitative estimate of drug-likeness (QED) is 0.791. The second kappa shape index (κ2) is 4.01. The highest BCUT2D eigenvalue weighted by molar-refractivity contribution is 5.87. The molecule has 2 rings (SSSR count). The topological polar surface area (TPSA) is 96.2 Å². The Labute approximate surface area is 89.5 Å². The third kappa shape index (κ3) is 2.00. The summed E-state index contributed by atoms with van der Waals surface area (Å²) < 4.78 is 5.09. The van der Waals surface area contributed by atoms with Crippen LogP contribution in [0.2, 0.25) is 0 Å². The van der Waals surface area contributed by atoms with E-state index in [0.29, 0.717) is 17.9 Å². The Morgan fingerprint density at radius 3 is 3.00 bits per heavy atom. The first-order valence-electron chi connectivity index (χ1n) is 4.51. The Morgan fingerprint density at radius 1 is 1.56 bits per heavy atom. The van der Waals surface area contributed by atoms with E-state index >= 15 is 0 Å². The lowest BCUT2D eigenvalue weighted by Crippen LogP contribution is -2.19. The number of hydrogen-bond acceptors (Lipinski definition) is 4. The highest BCUT2D eigenvalue weighted by Crippen LogP contribution is 2.07. The third-order valence-electron chi connectivity index (χ3n) is 2.02. The van der Waals surface area contributed by atoms with Crippen molar-refractivity contribution in [1.82, 2.24) is 10.2 Å². The molecule has 0 saturated carbocycles. The lowest BCUT2D eigenvalue weighted by Gasteiger charge is -1.98. The maximum absolute atomic E-state index is 11.1. The Balaban J connectivity index is 2.33. The molecule has 0 bridgehead atoms. The molecule has 0 aliphatic rings. The minimum absolute atomic E-state index is 0.323. The van der Waals surface area contributed by atoms with Gasteiger partial charge >= 0.3 is 5.97 Å². The molecule has 0 saturated heterocycles. The standard InChI is InChI=1S/C10H8N2O4/c13-9-8(10(14)15)5-6(11-12-9)4-7-2-1-3-16-7/h1-3,5H,4H2,(H,12,13)(H,14,15). The summed E-state index contributed by atoms with van der Waals surface area (Å²) in [6.07, 6.45) is 1.85. The van der Waals surface area contributed by atoms with Crippen LogP contribution in [0.3, 0.4) is 0 Å². The average molecular weight is 220 g/mol. The molecule has 16 heavy (non-hydrogen) atoms. The summed E-state index contributed by atoms with van der Waals surface area (Å²) in [4.78, 5) is 21.8. The molecule has 0 atom stereocenters. The zero-order chi connectivity index (χ0) is 11.5. The first-order valence-corrected chi connectivity index (χ1v) is 4.51. The Kier molecular flexibility index (Phi) is 2.55. The number of carboxylic acid groups (broad SMARTS) is 1. The van der Waals surface area contributed by atoms with Crippen LogP contribution in [0, 0.1) is 0 Å². The van der Waals surface area contributed by atoms with Gasteiger partial charge in [-0.25, -0.2) is 9.89 Å². The van der Waals surface area contributed by atoms with Crippen molar-refractivity contribution >= 4 is 5.97 Å². The van der Waals surface area contributed by atoms with Crippen LogP contribution in [0.1, 0.15) is 21.8 Å².